The van der Waals surface area contributed by atoms with Crippen molar-refractivity contribution in [1.29, 1.82) is 0 Å². The van der Waals surface area contributed by atoms with Crippen LogP contribution in [0.5, 0.6) is 5.75 Å². The van der Waals surface area contributed by atoms with E-state index in [1.54, 1.807) is 7.11 Å². The summed E-state index contributed by atoms with van der Waals surface area (Å²) in [5, 5.41) is 2.49. The molecule has 1 heteroatoms. The van der Waals surface area contributed by atoms with E-state index in [0.29, 0.717) is 0 Å². The van der Waals surface area contributed by atoms with Crippen LogP contribution in [0.1, 0.15) is 11.1 Å². The van der Waals surface area contributed by atoms with Gasteiger partial charge in [0.05, 0.1) is 7.11 Å². The third-order valence-corrected chi connectivity index (χ3v) is 4.00. The molecule has 1 aliphatic carbocycles. The van der Waals surface area contributed by atoms with E-state index >= 15 is 0 Å². The van der Waals surface area contributed by atoms with Crippen molar-refractivity contribution in [3.8, 4) is 16.9 Å². The lowest BCUT2D eigenvalue weighted by atomic mass is 9.97. The van der Waals surface area contributed by atoms with Gasteiger partial charge in [-0.15, -0.1) is 0 Å². The van der Waals surface area contributed by atoms with Crippen LogP contribution in [0.15, 0.2) is 54.6 Å². The zero-order valence-corrected chi connectivity index (χ0v) is 10.8. The highest BCUT2D eigenvalue weighted by molar-refractivity contribution is 6.03. The van der Waals surface area contributed by atoms with E-state index in [0.717, 1.165) is 12.2 Å². The third-order valence-electron chi connectivity index (χ3n) is 4.00. The molecule has 0 aliphatic heterocycles. The highest BCUT2D eigenvalue weighted by Crippen LogP contribution is 2.42. The van der Waals surface area contributed by atoms with E-state index in [2.05, 4.69) is 48.5 Å². The molecule has 0 saturated carbocycles. The summed E-state index contributed by atoms with van der Waals surface area (Å²) < 4.78 is 5.48. The Balaban J connectivity index is 2.13. The molecule has 0 radical (unpaired) electrons. The molecule has 0 amide bonds. The lowest BCUT2D eigenvalue weighted by Crippen LogP contribution is -1.87. The zero-order valence-electron chi connectivity index (χ0n) is 10.8. The Bertz CT molecular complexity index is 787. The summed E-state index contributed by atoms with van der Waals surface area (Å²) in [4.78, 5) is 0. The predicted molar refractivity (Wildman–Crippen MR) is 78.7 cm³/mol. The second-order valence-electron chi connectivity index (χ2n) is 4.99. The molecule has 4 rings (SSSR count). The summed E-state index contributed by atoms with van der Waals surface area (Å²) in [5.41, 5.74) is 5.60. The lowest BCUT2D eigenvalue weighted by molar-refractivity contribution is 0.420. The summed E-state index contributed by atoms with van der Waals surface area (Å²) in [7, 11) is 1.73. The first-order chi connectivity index (χ1) is 9.38. The number of ether oxygens (including phenoxy) is 1. The number of rotatable bonds is 1. The minimum atomic E-state index is 0.949. The first kappa shape index (κ1) is 10.6. The maximum atomic E-state index is 5.48. The molecule has 0 unspecified atom stereocenters. The summed E-state index contributed by atoms with van der Waals surface area (Å²) in [5.74, 6) is 0.949. The SMILES string of the molecule is COc1cccc2c3c(ccc12)Cc1ccccc1-3. The average Bonchev–Trinajstić information content (AvgIpc) is 2.85. The third kappa shape index (κ3) is 1.42. The molecular weight excluding hydrogens is 232 g/mol. The van der Waals surface area contributed by atoms with Crippen LogP contribution in [-0.4, -0.2) is 7.11 Å². The van der Waals surface area contributed by atoms with Crippen LogP contribution >= 0.6 is 0 Å². The largest absolute Gasteiger partial charge is 0.496 e. The molecule has 3 aromatic rings. The Labute approximate surface area is 112 Å². The fourth-order valence-corrected chi connectivity index (χ4v) is 3.14. The van der Waals surface area contributed by atoms with Gasteiger partial charge in [-0.3, -0.25) is 0 Å². The topological polar surface area (TPSA) is 9.23 Å². The predicted octanol–water partition coefficient (Wildman–Crippen LogP) is 4.42. The monoisotopic (exact) mass is 246 g/mol. The number of fused-ring (bicyclic) bond motifs is 5. The smallest absolute Gasteiger partial charge is 0.126 e. The molecular formula is C18H14O. The Kier molecular flexibility index (Phi) is 2.16. The molecule has 0 N–H and O–H groups in total. The van der Waals surface area contributed by atoms with Crippen molar-refractivity contribution in [1.82, 2.24) is 0 Å². The maximum Gasteiger partial charge on any atom is 0.126 e. The van der Waals surface area contributed by atoms with E-state index in [1.807, 2.05) is 6.07 Å². The molecule has 0 aromatic heterocycles. The molecule has 0 bridgehead atoms. The normalized spacial score (nSPS) is 12.3. The van der Waals surface area contributed by atoms with Gasteiger partial charge in [0.1, 0.15) is 5.75 Å². The molecule has 19 heavy (non-hydrogen) atoms. The highest BCUT2D eigenvalue weighted by Gasteiger charge is 2.20. The van der Waals surface area contributed by atoms with E-state index in [4.69, 9.17) is 4.74 Å². The van der Waals surface area contributed by atoms with E-state index in [-0.39, 0.29) is 0 Å². The molecule has 0 spiro atoms. The molecule has 3 aromatic carbocycles. The number of benzene rings is 3. The Morgan fingerprint density at radius 3 is 2.58 bits per heavy atom. The number of hydrogen-bond donors (Lipinski definition) is 0. The summed E-state index contributed by atoms with van der Waals surface area (Å²) >= 11 is 0. The fraction of sp³-hybridized carbons (Fsp3) is 0.111. The fourth-order valence-electron chi connectivity index (χ4n) is 3.14. The van der Waals surface area contributed by atoms with Crippen molar-refractivity contribution < 1.29 is 4.74 Å². The van der Waals surface area contributed by atoms with Gasteiger partial charge in [-0.2, -0.15) is 0 Å². The lowest BCUT2D eigenvalue weighted by Gasteiger charge is -2.10. The van der Waals surface area contributed by atoms with Crippen LogP contribution in [0.4, 0.5) is 0 Å². The molecule has 1 aliphatic rings. The molecule has 0 heterocycles. The Hall–Kier alpha value is -2.28. The van der Waals surface area contributed by atoms with Crippen molar-refractivity contribution in [3.63, 3.8) is 0 Å². The zero-order chi connectivity index (χ0) is 12.8. The van der Waals surface area contributed by atoms with Crippen LogP contribution in [0, 0.1) is 0 Å². The molecule has 1 nitrogen and oxygen atoms in total. The van der Waals surface area contributed by atoms with Gasteiger partial charge in [-0.25, -0.2) is 0 Å². The van der Waals surface area contributed by atoms with Gasteiger partial charge in [0, 0.05) is 5.39 Å². The highest BCUT2D eigenvalue weighted by atomic mass is 16.5. The van der Waals surface area contributed by atoms with Gasteiger partial charge in [-0.1, -0.05) is 48.5 Å². The van der Waals surface area contributed by atoms with E-state index < -0.39 is 0 Å². The Morgan fingerprint density at radius 1 is 0.789 bits per heavy atom. The molecule has 0 fully saturated rings. The van der Waals surface area contributed by atoms with Crippen molar-refractivity contribution in [2.45, 2.75) is 6.42 Å². The van der Waals surface area contributed by atoms with Gasteiger partial charge < -0.3 is 4.74 Å². The van der Waals surface area contributed by atoms with Crippen molar-refractivity contribution >= 4 is 10.8 Å². The van der Waals surface area contributed by atoms with Crippen LogP contribution in [0.2, 0.25) is 0 Å². The van der Waals surface area contributed by atoms with Crippen LogP contribution in [-0.2, 0) is 6.42 Å². The summed E-state index contributed by atoms with van der Waals surface area (Å²) in [6.07, 6.45) is 1.04. The van der Waals surface area contributed by atoms with Crippen molar-refractivity contribution in [3.05, 3.63) is 65.7 Å². The molecule has 0 atom stereocenters. The minimum Gasteiger partial charge on any atom is -0.496 e. The van der Waals surface area contributed by atoms with Crippen molar-refractivity contribution in [2.24, 2.45) is 0 Å². The second-order valence-corrected chi connectivity index (χ2v) is 4.99. The average molecular weight is 246 g/mol. The van der Waals surface area contributed by atoms with Gasteiger partial charge >= 0.3 is 0 Å². The first-order valence-electron chi connectivity index (χ1n) is 6.55. The first-order valence-corrected chi connectivity index (χ1v) is 6.55. The summed E-state index contributed by atoms with van der Waals surface area (Å²) in [6.45, 7) is 0. The van der Waals surface area contributed by atoms with Gasteiger partial charge in [0.2, 0.25) is 0 Å². The molecule has 0 saturated heterocycles. The van der Waals surface area contributed by atoms with Gasteiger partial charge in [0.25, 0.3) is 0 Å². The summed E-state index contributed by atoms with van der Waals surface area (Å²) in [6, 6.07) is 19.4. The quantitative estimate of drug-likeness (QED) is 0.483. The van der Waals surface area contributed by atoms with Crippen molar-refractivity contribution in [2.75, 3.05) is 7.11 Å². The minimum absolute atomic E-state index is 0.949. The standard InChI is InChI=1S/C18H14O/c1-19-17-8-4-7-16-15(17)10-9-13-11-12-5-2-3-6-14(12)18(13)16/h2-10H,11H2,1H3. The molecule has 92 valence electrons. The van der Waals surface area contributed by atoms with E-state index in [1.165, 1.54) is 33.0 Å². The van der Waals surface area contributed by atoms with Crippen LogP contribution < -0.4 is 4.74 Å². The number of methoxy groups -OCH3 is 1. The van der Waals surface area contributed by atoms with E-state index in [9.17, 15) is 0 Å². The van der Waals surface area contributed by atoms with Crippen LogP contribution in [0.25, 0.3) is 21.9 Å². The van der Waals surface area contributed by atoms with Gasteiger partial charge in [-0.05, 0) is 40.1 Å². The maximum absolute atomic E-state index is 5.48. The van der Waals surface area contributed by atoms with Gasteiger partial charge in [0.15, 0.2) is 0 Å². The number of hydrogen-bond acceptors (Lipinski definition) is 1. The second kappa shape index (κ2) is 3.86. The Morgan fingerprint density at radius 2 is 1.68 bits per heavy atom. The van der Waals surface area contributed by atoms with Crippen LogP contribution in [0.3, 0.4) is 0 Å².